The number of nitrogens with two attached hydrogens (primary N) is 1. The van der Waals surface area contributed by atoms with E-state index in [9.17, 15) is 4.79 Å². The molecule has 0 saturated heterocycles. The normalized spacial score (nSPS) is 18.4. The van der Waals surface area contributed by atoms with Crippen LogP contribution in [0.25, 0.3) is 0 Å². The minimum absolute atomic E-state index is 0.00539. The molecule has 1 fully saturated rings. The van der Waals surface area contributed by atoms with E-state index in [-0.39, 0.29) is 11.4 Å². The third kappa shape index (κ3) is 2.90. The molecule has 0 amide bonds. The summed E-state index contributed by atoms with van der Waals surface area (Å²) in [6, 6.07) is 0. The topological polar surface area (TPSA) is 98.3 Å². The fraction of sp³-hybridized carbons (Fsp3) is 0.643. The van der Waals surface area contributed by atoms with Gasteiger partial charge >= 0.3 is 5.97 Å². The SMILES string of the molecule is CCOC1(c2ncc(C(=O)O)c(N)n2)CCCCCC1. The lowest BCUT2D eigenvalue weighted by Crippen LogP contribution is -2.32. The Morgan fingerprint density at radius 1 is 1.40 bits per heavy atom. The number of nitrogens with zero attached hydrogens (tertiary/aromatic N) is 2. The maximum absolute atomic E-state index is 11.0. The Morgan fingerprint density at radius 2 is 2.05 bits per heavy atom. The summed E-state index contributed by atoms with van der Waals surface area (Å²) in [5.74, 6) is -0.588. The van der Waals surface area contributed by atoms with Crippen molar-refractivity contribution in [1.82, 2.24) is 9.97 Å². The molecule has 6 nitrogen and oxygen atoms in total. The van der Waals surface area contributed by atoms with E-state index in [4.69, 9.17) is 15.6 Å². The average molecular weight is 279 g/mol. The molecule has 0 aromatic carbocycles. The first-order valence-corrected chi connectivity index (χ1v) is 7.09. The van der Waals surface area contributed by atoms with E-state index in [2.05, 4.69) is 9.97 Å². The van der Waals surface area contributed by atoms with E-state index in [0.29, 0.717) is 12.4 Å². The second kappa shape index (κ2) is 6.17. The summed E-state index contributed by atoms with van der Waals surface area (Å²) in [7, 11) is 0. The van der Waals surface area contributed by atoms with Crippen molar-refractivity contribution in [2.75, 3.05) is 12.3 Å². The van der Waals surface area contributed by atoms with Gasteiger partial charge in [0.1, 0.15) is 17.0 Å². The quantitative estimate of drug-likeness (QED) is 0.821. The van der Waals surface area contributed by atoms with Gasteiger partial charge < -0.3 is 15.6 Å². The minimum Gasteiger partial charge on any atom is -0.477 e. The van der Waals surface area contributed by atoms with Gasteiger partial charge in [-0.3, -0.25) is 0 Å². The lowest BCUT2D eigenvalue weighted by molar-refractivity contribution is -0.0623. The maximum Gasteiger partial charge on any atom is 0.341 e. The number of ether oxygens (including phenoxy) is 1. The van der Waals surface area contributed by atoms with E-state index in [1.165, 1.54) is 19.0 Å². The highest BCUT2D eigenvalue weighted by molar-refractivity contribution is 5.92. The van der Waals surface area contributed by atoms with Crippen LogP contribution in [0.2, 0.25) is 0 Å². The van der Waals surface area contributed by atoms with Crippen molar-refractivity contribution in [2.45, 2.75) is 51.0 Å². The number of aromatic carboxylic acids is 1. The number of nitrogen functional groups attached to an aromatic ring is 1. The zero-order valence-corrected chi connectivity index (χ0v) is 11.8. The van der Waals surface area contributed by atoms with Gasteiger partial charge in [0.05, 0.1) is 0 Å². The average Bonchev–Trinajstić information content (AvgIpc) is 2.65. The predicted octanol–water partition coefficient (Wildman–Crippen LogP) is 2.34. The van der Waals surface area contributed by atoms with Gasteiger partial charge in [0.25, 0.3) is 0 Å². The van der Waals surface area contributed by atoms with Crippen LogP contribution in [0, 0.1) is 0 Å². The summed E-state index contributed by atoms with van der Waals surface area (Å²) in [4.78, 5) is 19.4. The minimum atomic E-state index is -1.11. The van der Waals surface area contributed by atoms with Gasteiger partial charge in [-0.15, -0.1) is 0 Å². The van der Waals surface area contributed by atoms with Crippen LogP contribution in [0.15, 0.2) is 6.20 Å². The summed E-state index contributed by atoms with van der Waals surface area (Å²) in [5, 5.41) is 8.99. The molecule has 0 bridgehead atoms. The van der Waals surface area contributed by atoms with Crippen LogP contribution >= 0.6 is 0 Å². The van der Waals surface area contributed by atoms with Crippen molar-refractivity contribution in [3.8, 4) is 0 Å². The van der Waals surface area contributed by atoms with Gasteiger partial charge in [-0.05, 0) is 19.8 Å². The highest BCUT2D eigenvalue weighted by Gasteiger charge is 2.37. The van der Waals surface area contributed by atoms with Crippen molar-refractivity contribution in [3.63, 3.8) is 0 Å². The van der Waals surface area contributed by atoms with Crippen LogP contribution in [-0.4, -0.2) is 27.7 Å². The number of carboxylic acids is 1. The van der Waals surface area contributed by atoms with E-state index in [0.717, 1.165) is 25.7 Å². The molecule has 0 spiro atoms. The second-order valence-corrected chi connectivity index (χ2v) is 5.14. The molecule has 0 atom stereocenters. The molecule has 1 aliphatic carbocycles. The number of carboxylic acid groups (broad SMARTS) is 1. The number of rotatable bonds is 4. The molecule has 2 rings (SSSR count). The zero-order chi connectivity index (χ0) is 14.6. The maximum atomic E-state index is 11.0. The van der Waals surface area contributed by atoms with Crippen LogP contribution in [0.3, 0.4) is 0 Å². The summed E-state index contributed by atoms with van der Waals surface area (Å²) >= 11 is 0. The first-order valence-electron chi connectivity index (χ1n) is 7.09. The summed E-state index contributed by atoms with van der Waals surface area (Å²) in [6.45, 7) is 2.52. The van der Waals surface area contributed by atoms with E-state index < -0.39 is 11.6 Å². The molecule has 3 N–H and O–H groups in total. The molecular weight excluding hydrogens is 258 g/mol. The second-order valence-electron chi connectivity index (χ2n) is 5.14. The number of anilines is 1. The van der Waals surface area contributed by atoms with Gasteiger partial charge in [-0.1, -0.05) is 25.7 Å². The number of carbonyl (C=O) groups is 1. The van der Waals surface area contributed by atoms with Crippen molar-refractivity contribution in [1.29, 1.82) is 0 Å². The monoisotopic (exact) mass is 279 g/mol. The molecule has 1 aromatic rings. The Balaban J connectivity index is 2.38. The Kier molecular flexibility index (Phi) is 4.54. The molecular formula is C14H21N3O3. The van der Waals surface area contributed by atoms with E-state index in [1.54, 1.807) is 0 Å². The fourth-order valence-corrected chi connectivity index (χ4v) is 2.79. The van der Waals surface area contributed by atoms with Gasteiger partial charge in [0, 0.05) is 12.8 Å². The van der Waals surface area contributed by atoms with Gasteiger partial charge in [-0.2, -0.15) is 0 Å². The lowest BCUT2D eigenvalue weighted by atomic mass is 9.93. The van der Waals surface area contributed by atoms with Crippen molar-refractivity contribution in [3.05, 3.63) is 17.6 Å². The number of hydrogen-bond donors (Lipinski definition) is 2. The summed E-state index contributed by atoms with van der Waals surface area (Å²) in [5.41, 5.74) is 5.16. The Hall–Kier alpha value is -1.69. The first-order chi connectivity index (χ1) is 9.59. The summed E-state index contributed by atoms with van der Waals surface area (Å²) in [6.07, 6.45) is 7.47. The molecule has 110 valence electrons. The predicted molar refractivity (Wildman–Crippen MR) is 74.4 cm³/mol. The molecule has 1 aliphatic rings. The van der Waals surface area contributed by atoms with Crippen LogP contribution in [-0.2, 0) is 10.3 Å². The smallest absolute Gasteiger partial charge is 0.341 e. The van der Waals surface area contributed by atoms with Crippen molar-refractivity contribution >= 4 is 11.8 Å². The highest BCUT2D eigenvalue weighted by Crippen LogP contribution is 2.38. The Bertz CT molecular complexity index is 483. The van der Waals surface area contributed by atoms with Gasteiger partial charge in [-0.25, -0.2) is 14.8 Å². The molecule has 0 unspecified atom stereocenters. The fourth-order valence-electron chi connectivity index (χ4n) is 2.79. The van der Waals surface area contributed by atoms with Crippen LogP contribution < -0.4 is 5.73 Å². The summed E-state index contributed by atoms with van der Waals surface area (Å²) < 4.78 is 5.96. The van der Waals surface area contributed by atoms with Gasteiger partial charge in [0.15, 0.2) is 5.82 Å². The molecule has 0 aliphatic heterocycles. The van der Waals surface area contributed by atoms with Crippen molar-refractivity contribution < 1.29 is 14.6 Å². The standard InChI is InChI=1S/C14H21N3O3/c1-2-20-14(7-5-3-4-6-8-14)13-16-9-10(12(18)19)11(15)17-13/h9H,2-8H2,1H3,(H,18,19)(H2,15,16,17). The lowest BCUT2D eigenvalue weighted by Gasteiger charge is -2.31. The number of hydrogen-bond acceptors (Lipinski definition) is 5. The third-order valence-electron chi connectivity index (χ3n) is 3.79. The molecule has 1 aromatic heterocycles. The van der Waals surface area contributed by atoms with Crippen LogP contribution in [0.5, 0.6) is 0 Å². The molecule has 1 saturated carbocycles. The largest absolute Gasteiger partial charge is 0.477 e. The molecule has 20 heavy (non-hydrogen) atoms. The number of aromatic nitrogens is 2. The zero-order valence-electron chi connectivity index (χ0n) is 11.8. The van der Waals surface area contributed by atoms with E-state index >= 15 is 0 Å². The molecule has 0 radical (unpaired) electrons. The van der Waals surface area contributed by atoms with Crippen LogP contribution in [0.1, 0.15) is 61.6 Å². The first kappa shape index (κ1) is 14.7. The molecule has 6 heteroatoms. The van der Waals surface area contributed by atoms with Gasteiger partial charge in [0.2, 0.25) is 0 Å². The third-order valence-corrected chi connectivity index (χ3v) is 3.79. The van der Waals surface area contributed by atoms with E-state index in [1.807, 2.05) is 6.92 Å². The van der Waals surface area contributed by atoms with Crippen LogP contribution in [0.4, 0.5) is 5.82 Å². The van der Waals surface area contributed by atoms with Crippen molar-refractivity contribution in [2.24, 2.45) is 0 Å². The Morgan fingerprint density at radius 3 is 2.55 bits per heavy atom. The highest BCUT2D eigenvalue weighted by atomic mass is 16.5. The molecule has 1 heterocycles. The Labute approximate surface area is 118 Å².